The van der Waals surface area contributed by atoms with Gasteiger partial charge in [-0.1, -0.05) is 0 Å². The summed E-state index contributed by atoms with van der Waals surface area (Å²) in [6, 6.07) is 10.7. The lowest BCUT2D eigenvalue weighted by molar-refractivity contribution is 0.0950. The van der Waals surface area contributed by atoms with Crippen LogP contribution in [0.1, 0.15) is 65.3 Å². The van der Waals surface area contributed by atoms with E-state index in [2.05, 4.69) is 52.2 Å². The smallest absolute Gasteiger partial charge is 0.253 e. The number of rotatable bonds is 11. The van der Waals surface area contributed by atoms with Crippen molar-refractivity contribution in [1.29, 1.82) is 0 Å². The zero-order valence-electron chi connectivity index (χ0n) is 25.8. The Morgan fingerprint density at radius 2 is 1.79 bits per heavy atom. The molecule has 0 aliphatic heterocycles. The highest BCUT2D eigenvalue weighted by atomic mass is 16.5. The van der Waals surface area contributed by atoms with Crippen LogP contribution < -0.4 is 20.5 Å². The maximum atomic E-state index is 13.7. The first-order valence-electron chi connectivity index (χ1n) is 14.9. The second-order valence-electron chi connectivity index (χ2n) is 11.5. The molecule has 0 saturated heterocycles. The molecule has 42 heavy (non-hydrogen) atoms. The van der Waals surface area contributed by atoms with Crippen LogP contribution in [0.5, 0.6) is 5.88 Å². The van der Waals surface area contributed by atoms with Gasteiger partial charge in [-0.05, 0) is 108 Å². The number of amides is 1. The number of anilines is 1. The van der Waals surface area contributed by atoms with E-state index in [1.807, 2.05) is 39.0 Å². The molecule has 226 valence electrons. The van der Waals surface area contributed by atoms with Gasteiger partial charge in [-0.3, -0.25) is 9.59 Å². The molecule has 0 spiro atoms. The third-order valence-electron chi connectivity index (χ3n) is 8.44. The Bertz CT molecular complexity index is 1430. The average molecular weight is 576 g/mol. The number of carbonyl (C=O) groups excluding carboxylic acids is 1. The molecule has 1 saturated carbocycles. The number of aryl methyl sites for hydroxylation is 2. The van der Waals surface area contributed by atoms with Gasteiger partial charge in [0.1, 0.15) is 6.61 Å². The van der Waals surface area contributed by atoms with E-state index in [1.54, 1.807) is 12.3 Å². The SMILES string of the molecule is CCN(c1cc(-c2ccc(OCCO)nc2)cc(C(=O)NCc2c(C)cc(C)[nH]c2=O)c1C)C1CCC(N(C)C)CC1. The molecule has 1 fully saturated rings. The summed E-state index contributed by atoms with van der Waals surface area (Å²) in [6.45, 7) is 8.98. The van der Waals surface area contributed by atoms with Crippen molar-refractivity contribution in [2.75, 3.05) is 38.8 Å². The second kappa shape index (κ2) is 14.0. The summed E-state index contributed by atoms with van der Waals surface area (Å²) in [6.07, 6.45) is 6.20. The molecule has 0 radical (unpaired) electrons. The first kappa shape index (κ1) is 31.3. The minimum atomic E-state index is -0.224. The van der Waals surface area contributed by atoms with Crippen molar-refractivity contribution < 1.29 is 14.6 Å². The number of aromatic amines is 1. The fraction of sp³-hybridized carbons (Fsp3) is 0.485. The number of hydrogen-bond acceptors (Lipinski definition) is 7. The van der Waals surface area contributed by atoms with E-state index in [0.717, 1.165) is 65.9 Å². The number of benzene rings is 1. The van der Waals surface area contributed by atoms with Crippen molar-refractivity contribution in [3.63, 3.8) is 0 Å². The fourth-order valence-electron chi connectivity index (χ4n) is 6.06. The molecule has 9 nitrogen and oxygen atoms in total. The molecule has 9 heteroatoms. The Labute approximate surface area is 248 Å². The Balaban J connectivity index is 1.70. The van der Waals surface area contributed by atoms with E-state index in [1.165, 1.54) is 0 Å². The fourth-order valence-corrected chi connectivity index (χ4v) is 6.06. The Hall–Kier alpha value is -3.69. The number of pyridine rings is 2. The van der Waals surface area contributed by atoms with Gasteiger partial charge in [-0.15, -0.1) is 0 Å². The number of aliphatic hydroxyl groups excluding tert-OH is 1. The van der Waals surface area contributed by atoms with Gasteiger partial charge in [-0.2, -0.15) is 0 Å². The van der Waals surface area contributed by atoms with Crippen molar-refractivity contribution in [2.45, 2.75) is 72.0 Å². The van der Waals surface area contributed by atoms with E-state index in [0.29, 0.717) is 29.1 Å². The molecule has 2 aromatic heterocycles. The van der Waals surface area contributed by atoms with Crippen LogP contribution in [-0.2, 0) is 6.54 Å². The predicted octanol–water partition coefficient (Wildman–Crippen LogP) is 4.36. The quantitative estimate of drug-likeness (QED) is 0.312. The van der Waals surface area contributed by atoms with Crippen molar-refractivity contribution in [3.8, 4) is 17.0 Å². The molecular weight excluding hydrogens is 530 g/mol. The van der Waals surface area contributed by atoms with Crippen LogP contribution in [0.25, 0.3) is 11.1 Å². The number of H-pyrrole nitrogens is 1. The summed E-state index contributed by atoms with van der Waals surface area (Å²) >= 11 is 0. The van der Waals surface area contributed by atoms with Gasteiger partial charge < -0.3 is 29.9 Å². The number of nitrogens with zero attached hydrogens (tertiary/aromatic N) is 3. The summed E-state index contributed by atoms with van der Waals surface area (Å²) in [5.41, 5.74) is 6.29. The van der Waals surface area contributed by atoms with Gasteiger partial charge in [0.15, 0.2) is 0 Å². The molecule has 0 bridgehead atoms. The number of carbonyl (C=O) groups is 1. The highest BCUT2D eigenvalue weighted by Gasteiger charge is 2.28. The van der Waals surface area contributed by atoms with Gasteiger partial charge >= 0.3 is 0 Å². The molecule has 1 aliphatic carbocycles. The van der Waals surface area contributed by atoms with E-state index in [9.17, 15) is 9.59 Å². The number of aromatic nitrogens is 2. The molecule has 0 atom stereocenters. The highest BCUT2D eigenvalue weighted by molar-refractivity contribution is 5.99. The third kappa shape index (κ3) is 7.20. The number of aliphatic hydroxyl groups is 1. The van der Waals surface area contributed by atoms with E-state index < -0.39 is 0 Å². The average Bonchev–Trinajstić information content (AvgIpc) is 2.97. The lowest BCUT2D eigenvalue weighted by atomic mass is 9.88. The third-order valence-corrected chi connectivity index (χ3v) is 8.44. The van der Waals surface area contributed by atoms with E-state index in [4.69, 9.17) is 9.84 Å². The maximum absolute atomic E-state index is 13.7. The Kier molecular flexibility index (Phi) is 10.4. The van der Waals surface area contributed by atoms with Crippen LogP contribution >= 0.6 is 0 Å². The lowest BCUT2D eigenvalue weighted by Gasteiger charge is -2.40. The summed E-state index contributed by atoms with van der Waals surface area (Å²) in [5, 5.41) is 12.1. The van der Waals surface area contributed by atoms with Gasteiger partial charge in [0.2, 0.25) is 5.88 Å². The topological polar surface area (TPSA) is 111 Å². The zero-order valence-corrected chi connectivity index (χ0v) is 25.8. The predicted molar refractivity (Wildman–Crippen MR) is 167 cm³/mol. The summed E-state index contributed by atoms with van der Waals surface area (Å²) in [5.74, 6) is 0.211. The number of nitrogens with one attached hydrogen (secondary N) is 2. The molecule has 1 aliphatic rings. The molecule has 2 heterocycles. The first-order chi connectivity index (χ1) is 20.1. The number of ether oxygens (including phenoxy) is 1. The maximum Gasteiger partial charge on any atom is 0.253 e. The molecule has 3 aromatic rings. The molecular formula is C33H45N5O4. The summed E-state index contributed by atoms with van der Waals surface area (Å²) in [7, 11) is 4.31. The zero-order chi connectivity index (χ0) is 30.4. The largest absolute Gasteiger partial charge is 0.475 e. The van der Waals surface area contributed by atoms with Crippen LogP contribution in [0.4, 0.5) is 5.69 Å². The van der Waals surface area contributed by atoms with Crippen molar-refractivity contribution in [1.82, 2.24) is 20.2 Å². The first-order valence-corrected chi connectivity index (χ1v) is 14.9. The normalized spacial score (nSPS) is 16.9. The van der Waals surface area contributed by atoms with E-state index in [-0.39, 0.29) is 31.2 Å². The molecule has 1 amide bonds. The van der Waals surface area contributed by atoms with Crippen molar-refractivity contribution in [3.05, 3.63) is 74.8 Å². The van der Waals surface area contributed by atoms with Crippen LogP contribution in [0, 0.1) is 20.8 Å². The summed E-state index contributed by atoms with van der Waals surface area (Å²) in [4.78, 5) is 38.3. The van der Waals surface area contributed by atoms with Crippen molar-refractivity contribution >= 4 is 11.6 Å². The standard InChI is InChI=1S/C33H45N5O4/c1-7-38(27-11-9-26(10-12-27)37(5)6)30-18-25(24-8-13-31(34-19-24)42-15-14-39)17-28(23(30)4)32(40)35-20-29-21(2)16-22(3)36-33(29)41/h8,13,16-19,26-27,39H,7,9-12,14-15,20H2,1-6H3,(H,35,40)(H,36,41). The monoisotopic (exact) mass is 575 g/mol. The van der Waals surface area contributed by atoms with Crippen LogP contribution in [-0.4, -0.2) is 71.8 Å². The Morgan fingerprint density at radius 3 is 2.38 bits per heavy atom. The molecule has 3 N–H and O–H groups in total. The van der Waals surface area contributed by atoms with E-state index >= 15 is 0 Å². The van der Waals surface area contributed by atoms with Crippen LogP contribution in [0.15, 0.2) is 41.3 Å². The number of hydrogen-bond donors (Lipinski definition) is 3. The van der Waals surface area contributed by atoms with Crippen molar-refractivity contribution in [2.24, 2.45) is 0 Å². The molecule has 0 unspecified atom stereocenters. The van der Waals surface area contributed by atoms with Gasteiger partial charge in [-0.25, -0.2) is 4.98 Å². The van der Waals surface area contributed by atoms with Gasteiger partial charge in [0.25, 0.3) is 11.5 Å². The highest BCUT2D eigenvalue weighted by Crippen LogP contribution is 2.35. The van der Waals surface area contributed by atoms with Gasteiger partial charge in [0, 0.05) is 65.5 Å². The summed E-state index contributed by atoms with van der Waals surface area (Å²) < 4.78 is 5.45. The molecule has 1 aromatic carbocycles. The Morgan fingerprint density at radius 1 is 1.07 bits per heavy atom. The molecule has 4 rings (SSSR count). The van der Waals surface area contributed by atoms with Crippen LogP contribution in [0.3, 0.4) is 0 Å². The second-order valence-corrected chi connectivity index (χ2v) is 11.5. The van der Waals surface area contributed by atoms with Gasteiger partial charge in [0.05, 0.1) is 6.61 Å². The lowest BCUT2D eigenvalue weighted by Crippen LogP contribution is -2.42. The van der Waals surface area contributed by atoms with Crippen LogP contribution in [0.2, 0.25) is 0 Å². The minimum absolute atomic E-state index is 0.0828. The minimum Gasteiger partial charge on any atom is -0.475 e.